The molecule has 0 aromatic heterocycles. The van der Waals surface area contributed by atoms with Gasteiger partial charge in [0.1, 0.15) is 5.75 Å². The highest BCUT2D eigenvalue weighted by atomic mass is 16.3. The van der Waals surface area contributed by atoms with Crippen LogP contribution in [0.1, 0.15) is 11.1 Å². The number of hydrogen-bond acceptors (Lipinski definition) is 1. The van der Waals surface area contributed by atoms with Crippen LogP contribution in [0, 0.1) is 13.8 Å². The maximum atomic E-state index is 9.21. The van der Waals surface area contributed by atoms with Gasteiger partial charge >= 0.3 is 0 Å². The van der Waals surface area contributed by atoms with Crippen molar-refractivity contribution in [3.8, 4) is 5.75 Å². The van der Waals surface area contributed by atoms with Crippen molar-refractivity contribution in [2.75, 3.05) is 0 Å². The molecule has 0 spiro atoms. The third-order valence-corrected chi connectivity index (χ3v) is 1.44. The molecule has 2 heteroatoms. The fraction of sp³-hybridized carbons (Fsp3) is 0.250. The van der Waals surface area contributed by atoms with Crippen LogP contribution in [0.4, 0.5) is 0 Å². The maximum Gasteiger partial charge on any atom is 0.121 e. The quantitative estimate of drug-likeness (QED) is 0.578. The lowest BCUT2D eigenvalue weighted by Crippen LogP contribution is -1.76. The van der Waals surface area contributed by atoms with E-state index in [4.69, 9.17) is 0 Å². The minimum atomic E-state index is 0. The number of phenols is 1. The van der Waals surface area contributed by atoms with Crippen LogP contribution < -0.4 is 0 Å². The van der Waals surface area contributed by atoms with Crippen LogP contribution in [0.5, 0.6) is 5.75 Å². The zero-order valence-electron chi connectivity index (χ0n) is 6.18. The van der Waals surface area contributed by atoms with E-state index in [-0.39, 0.29) is 5.48 Å². The summed E-state index contributed by atoms with van der Waals surface area (Å²) in [4.78, 5) is 0. The Morgan fingerprint density at radius 1 is 1.10 bits per heavy atom. The van der Waals surface area contributed by atoms with E-state index in [1.807, 2.05) is 32.0 Å². The van der Waals surface area contributed by atoms with Crippen molar-refractivity contribution < 1.29 is 10.6 Å². The Balaban J connectivity index is 0.000000810. The van der Waals surface area contributed by atoms with Crippen LogP contribution >= 0.6 is 0 Å². The van der Waals surface area contributed by atoms with Crippen LogP contribution in [0.15, 0.2) is 18.2 Å². The number of aryl methyl sites for hydroxylation is 2. The van der Waals surface area contributed by atoms with Gasteiger partial charge in [0.05, 0.1) is 0 Å². The highest BCUT2D eigenvalue weighted by Crippen LogP contribution is 2.19. The van der Waals surface area contributed by atoms with Crippen molar-refractivity contribution >= 4 is 0 Å². The summed E-state index contributed by atoms with van der Waals surface area (Å²) >= 11 is 0. The predicted octanol–water partition coefficient (Wildman–Crippen LogP) is 1.18. The molecule has 2 nitrogen and oxygen atoms in total. The molecule has 0 fully saturated rings. The van der Waals surface area contributed by atoms with E-state index in [2.05, 4.69) is 0 Å². The number of phenolic OH excluding ortho intramolecular Hbond substituents is 1. The fourth-order valence-corrected chi connectivity index (χ4v) is 0.806. The normalized spacial score (nSPS) is 8.60. The lowest BCUT2D eigenvalue weighted by molar-refractivity contribution is 0.467. The first-order valence-corrected chi connectivity index (χ1v) is 2.97. The Morgan fingerprint density at radius 2 is 1.50 bits per heavy atom. The molecule has 56 valence electrons. The summed E-state index contributed by atoms with van der Waals surface area (Å²) in [6.45, 7) is 3.78. The van der Waals surface area contributed by atoms with E-state index in [0.29, 0.717) is 5.75 Å². The van der Waals surface area contributed by atoms with E-state index in [1.54, 1.807) is 0 Å². The minimum absolute atomic E-state index is 0. The zero-order chi connectivity index (χ0) is 6.85. The Labute approximate surface area is 60.4 Å². The van der Waals surface area contributed by atoms with E-state index >= 15 is 0 Å². The summed E-state index contributed by atoms with van der Waals surface area (Å²) in [7, 11) is 0. The molecule has 0 saturated carbocycles. The molecule has 3 N–H and O–H groups in total. The number of rotatable bonds is 0. The van der Waals surface area contributed by atoms with Gasteiger partial charge in [-0.05, 0) is 25.0 Å². The van der Waals surface area contributed by atoms with Gasteiger partial charge in [-0.25, -0.2) is 0 Å². The van der Waals surface area contributed by atoms with Crippen molar-refractivity contribution in [1.82, 2.24) is 0 Å². The highest BCUT2D eigenvalue weighted by molar-refractivity contribution is 5.37. The number of para-hydroxylation sites is 1. The first-order valence-electron chi connectivity index (χ1n) is 2.97. The highest BCUT2D eigenvalue weighted by Gasteiger charge is 1.95. The molecule has 10 heavy (non-hydrogen) atoms. The van der Waals surface area contributed by atoms with Crippen molar-refractivity contribution in [3.63, 3.8) is 0 Å². The van der Waals surface area contributed by atoms with Crippen molar-refractivity contribution in [2.24, 2.45) is 0 Å². The molecule has 0 amide bonds. The largest absolute Gasteiger partial charge is 0.507 e. The van der Waals surface area contributed by atoms with Crippen LogP contribution in [0.25, 0.3) is 0 Å². The first-order chi connectivity index (χ1) is 4.22. The monoisotopic (exact) mass is 140 g/mol. The molecule has 1 aromatic carbocycles. The van der Waals surface area contributed by atoms with Crippen LogP contribution in [-0.2, 0) is 0 Å². The van der Waals surface area contributed by atoms with Gasteiger partial charge in [-0.1, -0.05) is 18.2 Å². The maximum absolute atomic E-state index is 9.21. The SMILES string of the molecule is Cc1cccc(C)c1O.O. The van der Waals surface area contributed by atoms with Crippen molar-refractivity contribution in [3.05, 3.63) is 29.3 Å². The lowest BCUT2D eigenvalue weighted by atomic mass is 10.1. The predicted molar refractivity (Wildman–Crippen MR) is 41.2 cm³/mol. The van der Waals surface area contributed by atoms with E-state index < -0.39 is 0 Å². The second kappa shape index (κ2) is 3.22. The number of benzene rings is 1. The van der Waals surface area contributed by atoms with Crippen LogP contribution in [0.2, 0.25) is 0 Å². The van der Waals surface area contributed by atoms with E-state index in [0.717, 1.165) is 11.1 Å². The Morgan fingerprint density at radius 3 is 1.80 bits per heavy atom. The van der Waals surface area contributed by atoms with Gasteiger partial charge in [0.25, 0.3) is 0 Å². The van der Waals surface area contributed by atoms with Gasteiger partial charge in [-0.3, -0.25) is 0 Å². The molecule has 0 heterocycles. The summed E-state index contributed by atoms with van der Waals surface area (Å²) < 4.78 is 0. The summed E-state index contributed by atoms with van der Waals surface area (Å²) in [5.74, 6) is 0.414. The zero-order valence-corrected chi connectivity index (χ0v) is 6.18. The van der Waals surface area contributed by atoms with Crippen LogP contribution in [-0.4, -0.2) is 10.6 Å². The van der Waals surface area contributed by atoms with Gasteiger partial charge in [-0.2, -0.15) is 0 Å². The topological polar surface area (TPSA) is 51.7 Å². The summed E-state index contributed by atoms with van der Waals surface area (Å²) in [6.07, 6.45) is 0. The van der Waals surface area contributed by atoms with Gasteiger partial charge in [0, 0.05) is 0 Å². The molecule has 0 aliphatic heterocycles. The van der Waals surface area contributed by atoms with Gasteiger partial charge < -0.3 is 10.6 Å². The first kappa shape index (κ1) is 8.98. The van der Waals surface area contributed by atoms with Gasteiger partial charge in [0.15, 0.2) is 0 Å². The summed E-state index contributed by atoms with van der Waals surface area (Å²) in [5, 5.41) is 9.21. The lowest BCUT2D eigenvalue weighted by Gasteiger charge is -1.99. The molecule has 1 rings (SSSR count). The molecule has 0 aliphatic rings. The van der Waals surface area contributed by atoms with E-state index in [1.165, 1.54) is 0 Å². The third kappa shape index (κ3) is 1.48. The standard InChI is InChI=1S/C8H10O.H2O/c1-6-4-3-5-7(2)8(6)9;/h3-5,9H,1-2H3;1H2. The Kier molecular flexibility index (Phi) is 2.90. The summed E-state index contributed by atoms with van der Waals surface area (Å²) in [5.41, 5.74) is 1.88. The second-order valence-electron chi connectivity index (χ2n) is 2.24. The van der Waals surface area contributed by atoms with Gasteiger partial charge in [-0.15, -0.1) is 0 Å². The summed E-state index contributed by atoms with van der Waals surface area (Å²) in [6, 6.07) is 5.72. The van der Waals surface area contributed by atoms with Gasteiger partial charge in [0.2, 0.25) is 0 Å². The number of aromatic hydroxyl groups is 1. The van der Waals surface area contributed by atoms with Crippen molar-refractivity contribution in [2.45, 2.75) is 13.8 Å². The molecule has 0 saturated heterocycles. The molecule has 0 radical (unpaired) electrons. The Bertz CT molecular complexity index is 198. The molecular weight excluding hydrogens is 128 g/mol. The smallest absolute Gasteiger partial charge is 0.121 e. The molecule has 1 aromatic rings. The average molecular weight is 140 g/mol. The third-order valence-electron chi connectivity index (χ3n) is 1.44. The number of hydrogen-bond donors (Lipinski definition) is 1. The molecule has 0 aliphatic carbocycles. The molecule has 0 unspecified atom stereocenters. The van der Waals surface area contributed by atoms with Crippen LogP contribution in [0.3, 0.4) is 0 Å². The van der Waals surface area contributed by atoms with E-state index in [9.17, 15) is 5.11 Å². The second-order valence-corrected chi connectivity index (χ2v) is 2.24. The molecule has 0 atom stereocenters. The Hall–Kier alpha value is -1.02. The minimum Gasteiger partial charge on any atom is -0.507 e. The fourth-order valence-electron chi connectivity index (χ4n) is 0.806. The molecular formula is C8H12O2. The average Bonchev–Trinajstić information content (AvgIpc) is 1.83. The van der Waals surface area contributed by atoms with Crippen molar-refractivity contribution in [1.29, 1.82) is 0 Å². The molecule has 0 bridgehead atoms.